The van der Waals surface area contributed by atoms with Crippen molar-refractivity contribution in [2.24, 2.45) is 0 Å². The second-order valence-electron chi connectivity index (χ2n) is 4.01. The molecule has 88 valence electrons. The van der Waals surface area contributed by atoms with Gasteiger partial charge in [0.2, 0.25) is 0 Å². The van der Waals surface area contributed by atoms with Gasteiger partial charge in [-0.15, -0.1) is 0 Å². The van der Waals surface area contributed by atoms with Crippen LogP contribution in [0.3, 0.4) is 0 Å². The number of carbonyl (C=O) groups is 1. The van der Waals surface area contributed by atoms with Crippen LogP contribution in [-0.4, -0.2) is 37.0 Å². The van der Waals surface area contributed by atoms with Crippen LogP contribution in [0, 0.1) is 0 Å². The molecule has 4 nitrogen and oxygen atoms in total. The Bertz CT molecular complexity index is 372. The number of hydrogen-bond donors (Lipinski definition) is 1. The van der Waals surface area contributed by atoms with E-state index in [1.54, 1.807) is 6.07 Å². The molecule has 0 unspecified atom stereocenters. The van der Waals surface area contributed by atoms with Crippen molar-refractivity contribution in [3.63, 3.8) is 0 Å². The van der Waals surface area contributed by atoms with Gasteiger partial charge in [0.25, 0.3) is 5.91 Å². The number of furan rings is 1. The summed E-state index contributed by atoms with van der Waals surface area (Å²) in [6.45, 7) is 1.96. The van der Waals surface area contributed by atoms with E-state index >= 15 is 0 Å². The molecule has 0 bridgehead atoms. The van der Waals surface area contributed by atoms with E-state index in [-0.39, 0.29) is 5.91 Å². The van der Waals surface area contributed by atoms with Crippen molar-refractivity contribution in [2.75, 3.05) is 20.1 Å². The van der Waals surface area contributed by atoms with Crippen LogP contribution in [-0.2, 0) is 0 Å². The Morgan fingerprint density at radius 2 is 2.25 bits per heavy atom. The van der Waals surface area contributed by atoms with Crippen molar-refractivity contribution in [1.29, 1.82) is 0 Å². The molecule has 0 aliphatic carbocycles. The van der Waals surface area contributed by atoms with Crippen LogP contribution in [0.5, 0.6) is 0 Å². The van der Waals surface area contributed by atoms with E-state index in [0.29, 0.717) is 16.3 Å². The smallest absolute Gasteiger partial charge is 0.258 e. The summed E-state index contributed by atoms with van der Waals surface area (Å²) in [6.07, 6.45) is 3.54. The molecule has 1 aromatic heterocycles. The summed E-state index contributed by atoms with van der Waals surface area (Å²) in [6, 6.07) is 2.03. The van der Waals surface area contributed by atoms with Gasteiger partial charge in [0, 0.05) is 13.1 Å². The molecule has 1 aliphatic rings. The number of rotatable bonds is 2. The third-order valence-electron chi connectivity index (χ3n) is 3.03. The zero-order valence-corrected chi connectivity index (χ0v) is 10.8. The molecule has 1 saturated heterocycles. The van der Waals surface area contributed by atoms with Crippen LogP contribution in [0.1, 0.15) is 23.2 Å². The fourth-order valence-electron chi connectivity index (χ4n) is 2.00. The van der Waals surface area contributed by atoms with Crippen molar-refractivity contribution in [2.45, 2.75) is 18.9 Å². The van der Waals surface area contributed by atoms with Gasteiger partial charge in [0.1, 0.15) is 0 Å². The molecule has 1 aliphatic heterocycles. The standard InChI is InChI=1S/C11H15BrN2O2/c1-14(8-2-5-13-6-3-8)11(15)9-4-7-16-10(9)12/h4,7-8,13H,2-3,5-6H2,1H3. The Balaban J connectivity index is 2.06. The van der Waals surface area contributed by atoms with Crippen LogP contribution in [0.4, 0.5) is 0 Å². The van der Waals surface area contributed by atoms with E-state index < -0.39 is 0 Å². The topological polar surface area (TPSA) is 45.5 Å². The molecule has 2 heterocycles. The summed E-state index contributed by atoms with van der Waals surface area (Å²) >= 11 is 3.23. The van der Waals surface area contributed by atoms with Gasteiger partial charge in [0.05, 0.1) is 11.8 Å². The highest BCUT2D eigenvalue weighted by Crippen LogP contribution is 2.21. The Morgan fingerprint density at radius 3 is 2.81 bits per heavy atom. The first-order valence-electron chi connectivity index (χ1n) is 5.41. The van der Waals surface area contributed by atoms with E-state index in [0.717, 1.165) is 25.9 Å². The Labute approximate surface area is 103 Å². The van der Waals surface area contributed by atoms with Gasteiger partial charge < -0.3 is 14.6 Å². The fourth-order valence-corrected chi connectivity index (χ4v) is 2.41. The van der Waals surface area contributed by atoms with Crippen molar-refractivity contribution < 1.29 is 9.21 Å². The van der Waals surface area contributed by atoms with Crippen LogP contribution in [0.2, 0.25) is 0 Å². The van der Waals surface area contributed by atoms with Gasteiger partial charge in [0.15, 0.2) is 4.67 Å². The van der Waals surface area contributed by atoms with Crippen molar-refractivity contribution >= 4 is 21.8 Å². The summed E-state index contributed by atoms with van der Waals surface area (Å²) in [7, 11) is 1.86. The van der Waals surface area contributed by atoms with Crippen LogP contribution < -0.4 is 5.32 Å². The minimum Gasteiger partial charge on any atom is -0.457 e. The highest BCUT2D eigenvalue weighted by Gasteiger charge is 2.24. The quantitative estimate of drug-likeness (QED) is 0.903. The predicted molar refractivity (Wildman–Crippen MR) is 64.4 cm³/mol. The number of hydrogen-bond acceptors (Lipinski definition) is 3. The maximum atomic E-state index is 12.1. The maximum Gasteiger partial charge on any atom is 0.258 e. The maximum absolute atomic E-state index is 12.1. The monoisotopic (exact) mass is 286 g/mol. The Kier molecular flexibility index (Phi) is 3.66. The van der Waals surface area contributed by atoms with E-state index in [4.69, 9.17) is 4.42 Å². The van der Waals surface area contributed by atoms with Gasteiger partial charge in [-0.25, -0.2) is 0 Å². The average molecular weight is 287 g/mol. The summed E-state index contributed by atoms with van der Waals surface area (Å²) in [5.74, 6) is 0.0209. The third kappa shape index (κ3) is 2.30. The molecule has 0 spiro atoms. The molecule has 1 N–H and O–H groups in total. The third-order valence-corrected chi connectivity index (χ3v) is 3.64. The highest BCUT2D eigenvalue weighted by atomic mass is 79.9. The molecule has 16 heavy (non-hydrogen) atoms. The predicted octanol–water partition coefficient (Wildman–Crippen LogP) is 1.87. The molecule has 2 rings (SSSR count). The van der Waals surface area contributed by atoms with E-state index in [9.17, 15) is 4.79 Å². The number of amides is 1. The molecule has 5 heteroatoms. The molecule has 1 amide bonds. The average Bonchev–Trinajstić information content (AvgIpc) is 2.75. The lowest BCUT2D eigenvalue weighted by Gasteiger charge is -2.31. The Morgan fingerprint density at radius 1 is 1.56 bits per heavy atom. The molecule has 0 radical (unpaired) electrons. The lowest BCUT2D eigenvalue weighted by Crippen LogP contribution is -2.43. The first-order chi connectivity index (χ1) is 7.70. The molecule has 1 fully saturated rings. The SMILES string of the molecule is CN(C(=O)c1ccoc1Br)C1CCNCC1. The largest absolute Gasteiger partial charge is 0.457 e. The van der Waals surface area contributed by atoms with Gasteiger partial charge in [-0.2, -0.15) is 0 Å². The van der Waals surface area contributed by atoms with Crippen molar-refractivity contribution in [3.8, 4) is 0 Å². The minimum atomic E-state index is 0.0209. The minimum absolute atomic E-state index is 0.0209. The molecule has 0 saturated carbocycles. The zero-order chi connectivity index (χ0) is 11.5. The van der Waals surface area contributed by atoms with Crippen molar-refractivity contribution in [1.82, 2.24) is 10.2 Å². The van der Waals surface area contributed by atoms with Crippen LogP contribution in [0.15, 0.2) is 21.4 Å². The molecular formula is C11H15BrN2O2. The first-order valence-corrected chi connectivity index (χ1v) is 6.20. The van der Waals surface area contributed by atoms with Gasteiger partial charge in [-0.1, -0.05) is 0 Å². The normalized spacial score (nSPS) is 17.4. The van der Waals surface area contributed by atoms with Gasteiger partial charge >= 0.3 is 0 Å². The van der Waals surface area contributed by atoms with Crippen molar-refractivity contribution in [3.05, 3.63) is 22.6 Å². The molecule has 1 aromatic rings. The summed E-state index contributed by atoms with van der Waals surface area (Å²) in [5.41, 5.74) is 0.598. The van der Waals surface area contributed by atoms with E-state index in [2.05, 4.69) is 21.2 Å². The van der Waals surface area contributed by atoms with Crippen LogP contribution >= 0.6 is 15.9 Å². The molecule has 0 aromatic carbocycles. The first kappa shape index (κ1) is 11.7. The zero-order valence-electron chi connectivity index (χ0n) is 9.20. The summed E-state index contributed by atoms with van der Waals surface area (Å²) < 4.78 is 5.59. The lowest BCUT2D eigenvalue weighted by atomic mass is 10.0. The molecule has 0 atom stereocenters. The number of nitrogens with one attached hydrogen (secondary N) is 1. The second kappa shape index (κ2) is 5.01. The van der Waals surface area contributed by atoms with Gasteiger partial charge in [-0.3, -0.25) is 4.79 Å². The summed E-state index contributed by atoms with van der Waals surface area (Å²) in [4.78, 5) is 14.0. The fraction of sp³-hybridized carbons (Fsp3) is 0.545. The number of halogens is 1. The molecular weight excluding hydrogens is 272 g/mol. The number of nitrogens with zero attached hydrogens (tertiary/aromatic N) is 1. The van der Waals surface area contributed by atoms with Gasteiger partial charge in [-0.05, 0) is 47.9 Å². The highest BCUT2D eigenvalue weighted by molar-refractivity contribution is 9.10. The van der Waals surface area contributed by atoms with E-state index in [1.807, 2.05) is 11.9 Å². The summed E-state index contributed by atoms with van der Waals surface area (Å²) in [5, 5.41) is 3.29. The number of carbonyl (C=O) groups excluding carboxylic acids is 1. The lowest BCUT2D eigenvalue weighted by molar-refractivity contribution is 0.0701. The second-order valence-corrected chi connectivity index (χ2v) is 4.73. The number of piperidine rings is 1. The Hall–Kier alpha value is -0.810. The van der Waals surface area contributed by atoms with E-state index in [1.165, 1.54) is 6.26 Å². The van der Waals surface area contributed by atoms with Crippen LogP contribution in [0.25, 0.3) is 0 Å².